The molecular weight excluding hydrogens is 500 g/mol. The minimum Gasteiger partial charge on any atom is -0.426 e. The van der Waals surface area contributed by atoms with Gasteiger partial charge in [0.25, 0.3) is 0 Å². The summed E-state index contributed by atoms with van der Waals surface area (Å²) in [4.78, 5) is 38.5. The van der Waals surface area contributed by atoms with Crippen molar-refractivity contribution < 1.29 is 38.1 Å². The summed E-state index contributed by atoms with van der Waals surface area (Å²) in [7, 11) is 0. The highest BCUT2D eigenvalue weighted by Gasteiger charge is 2.72. The Hall–Kier alpha value is -2.81. The molecule has 0 saturated carbocycles. The molecule has 1 aromatic rings. The van der Waals surface area contributed by atoms with E-state index in [0.29, 0.717) is 18.4 Å². The van der Waals surface area contributed by atoms with Crippen molar-refractivity contribution in [2.45, 2.75) is 90.2 Å². The molecule has 8 nitrogen and oxygen atoms in total. The van der Waals surface area contributed by atoms with Crippen LogP contribution >= 0.6 is 0 Å². The quantitative estimate of drug-likeness (QED) is 0.281. The van der Waals surface area contributed by atoms with Gasteiger partial charge < -0.3 is 28.5 Å². The molecule has 5 rings (SSSR count). The second kappa shape index (κ2) is 9.39. The van der Waals surface area contributed by atoms with Crippen LogP contribution in [0.4, 0.5) is 4.79 Å². The maximum atomic E-state index is 13.2. The van der Waals surface area contributed by atoms with Gasteiger partial charge in [0.05, 0.1) is 30.7 Å². The second-order valence-corrected chi connectivity index (χ2v) is 12.5. The third kappa shape index (κ3) is 4.19. The van der Waals surface area contributed by atoms with E-state index in [0.717, 1.165) is 23.7 Å². The van der Waals surface area contributed by atoms with E-state index in [1.54, 1.807) is 0 Å². The maximum Gasteiger partial charge on any atom is 0.509 e. The largest absolute Gasteiger partial charge is 0.509 e. The molecule has 6 atom stereocenters. The van der Waals surface area contributed by atoms with Crippen LogP contribution in [0.3, 0.4) is 0 Å². The molecule has 0 radical (unpaired) electrons. The molecule has 2 aliphatic heterocycles. The van der Waals surface area contributed by atoms with Gasteiger partial charge in [0.15, 0.2) is 17.5 Å². The lowest BCUT2D eigenvalue weighted by atomic mass is 9.52. The Bertz CT molecular complexity index is 1220. The van der Waals surface area contributed by atoms with E-state index in [9.17, 15) is 14.4 Å². The zero-order chi connectivity index (χ0) is 28.3. The molecule has 39 heavy (non-hydrogen) atoms. The van der Waals surface area contributed by atoms with Gasteiger partial charge in [-0.05, 0) is 46.1 Å². The van der Waals surface area contributed by atoms with Crippen molar-refractivity contribution in [3.63, 3.8) is 0 Å². The number of aldehydes is 2. The number of hydrogen-bond acceptors (Lipinski definition) is 8. The Morgan fingerprint density at radius 1 is 1.08 bits per heavy atom. The fourth-order valence-electron chi connectivity index (χ4n) is 7.29. The number of ether oxygens (including phenoxy) is 5. The molecule has 1 aromatic carbocycles. The van der Waals surface area contributed by atoms with Crippen LogP contribution in [-0.4, -0.2) is 54.5 Å². The monoisotopic (exact) mass is 538 g/mol. The van der Waals surface area contributed by atoms with E-state index >= 15 is 0 Å². The van der Waals surface area contributed by atoms with Crippen LogP contribution in [0.15, 0.2) is 53.6 Å². The van der Waals surface area contributed by atoms with E-state index in [1.165, 1.54) is 0 Å². The summed E-state index contributed by atoms with van der Waals surface area (Å²) < 4.78 is 31.1. The third-order valence-corrected chi connectivity index (χ3v) is 9.40. The fourth-order valence-corrected chi connectivity index (χ4v) is 7.29. The Morgan fingerprint density at radius 2 is 1.79 bits per heavy atom. The molecule has 2 spiro atoms. The SMILES string of the molecule is CC1=C(C=O)C(C)(C)[C@]2(CC1)OC(=O)O[C@H]2[C@H]1[C@](C)(C=O)[C@@H](OCc2ccccc2)C=C[C@@]12COC(C)(C)O2. The van der Waals surface area contributed by atoms with Crippen molar-refractivity contribution in [3.8, 4) is 0 Å². The van der Waals surface area contributed by atoms with Crippen molar-refractivity contribution in [3.05, 3.63) is 59.2 Å². The third-order valence-electron chi connectivity index (χ3n) is 9.40. The zero-order valence-corrected chi connectivity index (χ0v) is 23.5. The highest BCUT2D eigenvalue weighted by molar-refractivity contribution is 5.79. The van der Waals surface area contributed by atoms with Gasteiger partial charge in [-0.15, -0.1) is 0 Å². The molecule has 210 valence electrons. The standard InChI is InChI=1S/C31H38O8/c1-20-12-15-31(27(2,3)22(20)16-32)25(37-26(34)38-31)24-29(6,18-33)23(35-17-21-10-8-7-9-11-21)13-14-30(24)19-36-28(4,5)39-30/h7-11,13-14,16,18,23-25H,12,15,17,19H2,1-6H3/t23-,24-,25-,29+,30+,31+/m0/s1. The van der Waals surface area contributed by atoms with Gasteiger partial charge in [0.2, 0.25) is 0 Å². The van der Waals surface area contributed by atoms with Gasteiger partial charge in [-0.25, -0.2) is 4.79 Å². The molecule has 0 N–H and O–H groups in total. The summed E-state index contributed by atoms with van der Waals surface area (Å²) in [5.74, 6) is -1.68. The molecule has 2 heterocycles. The van der Waals surface area contributed by atoms with Crippen molar-refractivity contribution in [2.75, 3.05) is 6.61 Å². The predicted octanol–water partition coefficient (Wildman–Crippen LogP) is 5.09. The first-order chi connectivity index (χ1) is 18.3. The molecule has 2 fully saturated rings. The summed E-state index contributed by atoms with van der Waals surface area (Å²) in [5.41, 5.74) is -1.93. The first kappa shape index (κ1) is 27.7. The van der Waals surface area contributed by atoms with E-state index in [2.05, 4.69) is 0 Å². The minimum absolute atomic E-state index is 0.149. The summed E-state index contributed by atoms with van der Waals surface area (Å²) >= 11 is 0. The minimum atomic E-state index is -1.22. The summed E-state index contributed by atoms with van der Waals surface area (Å²) in [6.45, 7) is 11.6. The molecule has 2 aliphatic carbocycles. The highest BCUT2D eigenvalue weighted by Crippen LogP contribution is 2.61. The lowest BCUT2D eigenvalue weighted by Crippen LogP contribution is -2.67. The second-order valence-electron chi connectivity index (χ2n) is 12.5. The number of benzene rings is 1. The molecular formula is C31H38O8. The first-order valence-electron chi connectivity index (χ1n) is 13.5. The molecule has 8 heteroatoms. The Balaban J connectivity index is 1.64. The maximum absolute atomic E-state index is 13.2. The van der Waals surface area contributed by atoms with Gasteiger partial charge in [0, 0.05) is 11.0 Å². The summed E-state index contributed by atoms with van der Waals surface area (Å²) in [6.07, 6.45) is 4.06. The Morgan fingerprint density at radius 3 is 2.41 bits per heavy atom. The smallest absolute Gasteiger partial charge is 0.426 e. The zero-order valence-electron chi connectivity index (χ0n) is 23.5. The van der Waals surface area contributed by atoms with Gasteiger partial charge in [-0.3, -0.25) is 4.79 Å². The van der Waals surface area contributed by atoms with Crippen molar-refractivity contribution >= 4 is 18.7 Å². The van der Waals surface area contributed by atoms with Gasteiger partial charge in [-0.1, -0.05) is 61.9 Å². The van der Waals surface area contributed by atoms with E-state index < -0.39 is 52.1 Å². The normalized spacial score (nSPS) is 38.6. The molecule has 0 bridgehead atoms. The summed E-state index contributed by atoms with van der Waals surface area (Å²) in [6, 6.07) is 9.72. The van der Waals surface area contributed by atoms with Crippen LogP contribution < -0.4 is 0 Å². The van der Waals surface area contributed by atoms with Crippen molar-refractivity contribution in [1.29, 1.82) is 0 Å². The van der Waals surface area contributed by atoms with Gasteiger partial charge >= 0.3 is 6.16 Å². The Kier molecular flexibility index (Phi) is 6.68. The molecule has 0 aromatic heterocycles. The van der Waals surface area contributed by atoms with Gasteiger partial charge in [-0.2, -0.15) is 0 Å². The van der Waals surface area contributed by atoms with Crippen LogP contribution in [0.1, 0.15) is 59.9 Å². The predicted molar refractivity (Wildman–Crippen MR) is 142 cm³/mol. The van der Waals surface area contributed by atoms with Crippen LogP contribution in [0.25, 0.3) is 0 Å². The lowest BCUT2D eigenvalue weighted by molar-refractivity contribution is -0.211. The summed E-state index contributed by atoms with van der Waals surface area (Å²) in [5, 5.41) is 0. The highest BCUT2D eigenvalue weighted by atomic mass is 16.8. The number of allylic oxidation sites excluding steroid dienone is 1. The van der Waals surface area contributed by atoms with Crippen molar-refractivity contribution in [2.24, 2.45) is 16.7 Å². The first-order valence-corrected chi connectivity index (χ1v) is 13.5. The van der Waals surface area contributed by atoms with Crippen LogP contribution in [0.2, 0.25) is 0 Å². The average molecular weight is 539 g/mol. The van der Waals surface area contributed by atoms with Crippen molar-refractivity contribution in [1.82, 2.24) is 0 Å². The van der Waals surface area contributed by atoms with Gasteiger partial charge in [0.1, 0.15) is 18.2 Å². The number of cyclic esters (lactones) is 1. The molecule has 0 amide bonds. The lowest BCUT2D eigenvalue weighted by Gasteiger charge is -2.56. The average Bonchev–Trinajstić information content (AvgIpc) is 3.38. The van der Waals surface area contributed by atoms with Crippen LogP contribution in [0.5, 0.6) is 0 Å². The number of rotatable bonds is 6. The number of carbonyl (C=O) groups is 3. The van der Waals surface area contributed by atoms with E-state index in [-0.39, 0.29) is 13.2 Å². The van der Waals surface area contributed by atoms with Crippen LogP contribution in [0, 0.1) is 16.7 Å². The molecule has 2 saturated heterocycles. The fraction of sp³-hybridized carbons (Fsp3) is 0.581. The molecule has 4 aliphatic rings. The Labute approximate surface area is 229 Å². The van der Waals surface area contributed by atoms with E-state index in [1.807, 2.05) is 84.0 Å². The number of hydrogen-bond donors (Lipinski definition) is 0. The topological polar surface area (TPSA) is 97.4 Å². The van der Waals surface area contributed by atoms with Crippen LogP contribution in [-0.2, 0) is 39.9 Å². The van der Waals surface area contributed by atoms with E-state index in [4.69, 9.17) is 23.7 Å². The number of carbonyl (C=O) groups excluding carboxylic acids is 3. The molecule has 0 unspecified atom stereocenters.